The molecule has 1 fully saturated rings. The number of anilines is 2. The molecular weight excluding hydrogens is 488 g/mol. The minimum Gasteiger partial charge on any atom is -0.348 e. The first-order chi connectivity index (χ1) is 18.6. The number of aromatic nitrogens is 4. The van der Waals surface area contributed by atoms with Gasteiger partial charge in [0.25, 0.3) is 5.91 Å². The number of nitrogens with zero attached hydrogens (tertiary/aromatic N) is 5. The number of rotatable bonds is 9. The second kappa shape index (κ2) is 12.4. The number of carbonyl (C=O) groups is 1. The summed E-state index contributed by atoms with van der Waals surface area (Å²) < 4.78 is 0. The van der Waals surface area contributed by atoms with E-state index >= 15 is 0 Å². The van der Waals surface area contributed by atoms with Crippen LogP contribution in [0.25, 0.3) is 0 Å². The molecule has 0 unspecified atom stereocenters. The van der Waals surface area contributed by atoms with Crippen LogP contribution in [-0.2, 0) is 5.41 Å². The Morgan fingerprint density at radius 2 is 1.85 bits per heavy atom. The van der Waals surface area contributed by atoms with Gasteiger partial charge in [0.2, 0.25) is 17.6 Å². The SMILES string of the molecule is C=CCNC(=O)c1cnc(Nc2ccc(C3CCC(N(C)C)CC3)cn2)nc1[NH2+]c1cccc(C(C)(C)C)n1. The van der Waals surface area contributed by atoms with Gasteiger partial charge in [-0.2, -0.15) is 4.98 Å². The smallest absolute Gasteiger partial charge is 0.261 e. The molecule has 3 heterocycles. The lowest BCUT2D eigenvalue weighted by Crippen LogP contribution is -2.73. The summed E-state index contributed by atoms with van der Waals surface area (Å²) in [6, 6.07) is 10.7. The van der Waals surface area contributed by atoms with E-state index in [9.17, 15) is 4.79 Å². The van der Waals surface area contributed by atoms with Gasteiger partial charge in [0, 0.05) is 30.3 Å². The van der Waals surface area contributed by atoms with Crippen LogP contribution in [0.2, 0.25) is 0 Å². The molecule has 0 atom stereocenters. The Balaban J connectivity index is 1.52. The maximum absolute atomic E-state index is 12.8. The minimum absolute atomic E-state index is 0.101. The lowest BCUT2D eigenvalue weighted by atomic mass is 9.82. The van der Waals surface area contributed by atoms with Crippen molar-refractivity contribution >= 4 is 29.3 Å². The largest absolute Gasteiger partial charge is 0.348 e. The zero-order chi connectivity index (χ0) is 28.0. The Morgan fingerprint density at radius 3 is 2.49 bits per heavy atom. The first-order valence-electron chi connectivity index (χ1n) is 13.6. The molecule has 0 bridgehead atoms. The van der Waals surface area contributed by atoms with Crippen LogP contribution < -0.4 is 16.0 Å². The van der Waals surface area contributed by atoms with Gasteiger partial charge in [-0.1, -0.05) is 39.0 Å². The fourth-order valence-corrected chi connectivity index (χ4v) is 4.85. The van der Waals surface area contributed by atoms with Crippen LogP contribution in [0.5, 0.6) is 0 Å². The highest BCUT2D eigenvalue weighted by Crippen LogP contribution is 2.34. The van der Waals surface area contributed by atoms with E-state index in [1.54, 1.807) is 6.08 Å². The highest BCUT2D eigenvalue weighted by atomic mass is 16.1. The zero-order valence-corrected chi connectivity index (χ0v) is 23.7. The number of carbonyl (C=O) groups excluding carboxylic acids is 1. The quantitative estimate of drug-likeness (QED) is 0.354. The van der Waals surface area contributed by atoms with Crippen LogP contribution in [0.1, 0.15) is 74.0 Å². The second-order valence-electron chi connectivity index (χ2n) is 11.4. The van der Waals surface area contributed by atoms with Crippen LogP contribution >= 0.6 is 0 Å². The third-order valence-electron chi connectivity index (χ3n) is 7.22. The van der Waals surface area contributed by atoms with Crippen molar-refractivity contribution < 1.29 is 10.1 Å². The van der Waals surface area contributed by atoms with Crippen molar-refractivity contribution in [1.29, 1.82) is 0 Å². The van der Waals surface area contributed by atoms with Crippen molar-refractivity contribution in [3.05, 3.63) is 72.2 Å². The summed E-state index contributed by atoms with van der Waals surface area (Å²) in [5.74, 6) is 2.48. The summed E-state index contributed by atoms with van der Waals surface area (Å²) in [5, 5.41) is 7.82. The van der Waals surface area contributed by atoms with Gasteiger partial charge in [-0.05, 0) is 63.4 Å². The van der Waals surface area contributed by atoms with E-state index in [4.69, 9.17) is 4.98 Å². The second-order valence-corrected chi connectivity index (χ2v) is 11.4. The van der Waals surface area contributed by atoms with E-state index < -0.39 is 0 Å². The molecule has 206 valence electrons. The molecule has 4 rings (SSSR count). The molecular formula is C30H41N8O+. The van der Waals surface area contributed by atoms with Gasteiger partial charge in [-0.25, -0.2) is 20.3 Å². The molecule has 9 nitrogen and oxygen atoms in total. The number of hydrogen-bond donors (Lipinski definition) is 3. The lowest BCUT2D eigenvalue weighted by molar-refractivity contribution is -0.487. The van der Waals surface area contributed by atoms with Gasteiger partial charge in [-0.3, -0.25) is 4.79 Å². The Kier molecular flexibility index (Phi) is 9.04. The summed E-state index contributed by atoms with van der Waals surface area (Å²) >= 11 is 0. The number of quaternary nitrogens is 1. The third kappa shape index (κ3) is 7.46. The molecule has 0 aliphatic heterocycles. The molecule has 0 spiro atoms. The van der Waals surface area contributed by atoms with E-state index in [0.29, 0.717) is 41.7 Å². The number of hydrogen-bond acceptors (Lipinski definition) is 7. The van der Waals surface area contributed by atoms with Crippen LogP contribution in [0.15, 0.2) is 55.4 Å². The van der Waals surface area contributed by atoms with Gasteiger partial charge in [-0.15, -0.1) is 6.58 Å². The zero-order valence-electron chi connectivity index (χ0n) is 23.7. The third-order valence-corrected chi connectivity index (χ3v) is 7.22. The number of nitrogens with one attached hydrogen (secondary N) is 2. The molecule has 0 saturated heterocycles. The predicted molar refractivity (Wildman–Crippen MR) is 155 cm³/mol. The lowest BCUT2D eigenvalue weighted by Gasteiger charge is -2.32. The molecule has 1 amide bonds. The van der Waals surface area contributed by atoms with Crippen molar-refractivity contribution in [2.45, 2.75) is 63.8 Å². The molecule has 39 heavy (non-hydrogen) atoms. The van der Waals surface area contributed by atoms with Crippen molar-refractivity contribution in [2.75, 3.05) is 26.0 Å². The molecule has 1 aliphatic rings. The van der Waals surface area contributed by atoms with Gasteiger partial charge < -0.3 is 15.5 Å². The minimum atomic E-state index is -0.272. The summed E-state index contributed by atoms with van der Waals surface area (Å²) in [6.07, 6.45) is 9.91. The van der Waals surface area contributed by atoms with Gasteiger partial charge >= 0.3 is 0 Å². The fourth-order valence-electron chi connectivity index (χ4n) is 4.85. The average molecular weight is 530 g/mol. The molecule has 9 heteroatoms. The molecule has 3 aromatic rings. The number of nitrogens with two attached hydrogens (primary N) is 1. The Bertz CT molecular complexity index is 1270. The molecule has 3 aromatic heterocycles. The van der Waals surface area contributed by atoms with Crippen LogP contribution in [-0.4, -0.2) is 57.4 Å². The highest BCUT2D eigenvalue weighted by molar-refractivity contribution is 5.97. The van der Waals surface area contributed by atoms with E-state index in [2.05, 4.69) is 78.0 Å². The van der Waals surface area contributed by atoms with Crippen LogP contribution in [0.4, 0.5) is 23.4 Å². The van der Waals surface area contributed by atoms with E-state index in [0.717, 1.165) is 11.5 Å². The van der Waals surface area contributed by atoms with Gasteiger partial charge in [0.1, 0.15) is 11.4 Å². The molecule has 1 saturated carbocycles. The van der Waals surface area contributed by atoms with Crippen molar-refractivity contribution in [3.63, 3.8) is 0 Å². The Labute approximate surface area is 231 Å². The summed E-state index contributed by atoms with van der Waals surface area (Å²) in [4.78, 5) is 33.7. The maximum Gasteiger partial charge on any atom is 0.261 e. The molecule has 1 aliphatic carbocycles. The van der Waals surface area contributed by atoms with E-state index in [1.807, 2.05) is 35.8 Å². The summed E-state index contributed by atoms with van der Waals surface area (Å²) in [6.45, 7) is 10.4. The maximum atomic E-state index is 12.8. The van der Waals surface area contributed by atoms with E-state index in [-0.39, 0.29) is 11.3 Å². The predicted octanol–water partition coefficient (Wildman–Crippen LogP) is 4.34. The topological polar surface area (TPSA) is 113 Å². The van der Waals surface area contributed by atoms with Crippen molar-refractivity contribution in [1.82, 2.24) is 30.2 Å². The van der Waals surface area contributed by atoms with E-state index in [1.165, 1.54) is 37.4 Å². The average Bonchev–Trinajstić information content (AvgIpc) is 2.92. The number of amides is 1. The standard InChI is InChI=1S/C30H40N8O/c1-7-17-31-28(39)23-19-33-29(37-27(23)35-26-10-8-9-24(34-26)30(2,3)4)36-25-16-13-21(18-32-25)20-11-14-22(15-12-20)38(5)6/h7-10,13,16,18-20,22H,1,11-12,14-15,17H2,2-6H3,(H,31,39)(H2,32,33,34,35,36,37)/p+1. The first-order valence-corrected chi connectivity index (χ1v) is 13.6. The van der Waals surface area contributed by atoms with Crippen molar-refractivity contribution in [2.24, 2.45) is 0 Å². The fraction of sp³-hybridized carbons (Fsp3) is 0.433. The number of pyridine rings is 2. The summed E-state index contributed by atoms with van der Waals surface area (Å²) in [7, 11) is 4.33. The van der Waals surface area contributed by atoms with Crippen LogP contribution in [0, 0.1) is 0 Å². The van der Waals surface area contributed by atoms with Crippen LogP contribution in [0.3, 0.4) is 0 Å². The first kappa shape index (κ1) is 28.3. The van der Waals surface area contributed by atoms with Gasteiger partial charge in [0.05, 0.1) is 11.9 Å². The normalized spacial score (nSPS) is 17.6. The monoisotopic (exact) mass is 529 g/mol. The highest BCUT2D eigenvalue weighted by Gasteiger charge is 2.24. The molecule has 4 N–H and O–H groups in total. The van der Waals surface area contributed by atoms with Gasteiger partial charge in [0.15, 0.2) is 0 Å². The molecule has 0 aromatic carbocycles. The Hall–Kier alpha value is -3.69. The summed E-state index contributed by atoms with van der Waals surface area (Å²) in [5.41, 5.74) is 2.49. The Morgan fingerprint density at radius 1 is 1.08 bits per heavy atom. The van der Waals surface area contributed by atoms with Crippen molar-refractivity contribution in [3.8, 4) is 0 Å². The molecule has 0 radical (unpaired) electrons.